The summed E-state index contributed by atoms with van der Waals surface area (Å²) in [5.41, 5.74) is 12.2. The van der Waals surface area contributed by atoms with Crippen LogP contribution >= 0.6 is 0 Å². The molecule has 0 unspecified atom stereocenters. The summed E-state index contributed by atoms with van der Waals surface area (Å²) in [7, 11) is 2.12. The van der Waals surface area contributed by atoms with Crippen molar-refractivity contribution in [2.24, 2.45) is 0 Å². The number of aromatic nitrogens is 2. The highest BCUT2D eigenvalue weighted by Gasteiger charge is 2.16. The van der Waals surface area contributed by atoms with Crippen LogP contribution in [0.25, 0.3) is 0 Å². The van der Waals surface area contributed by atoms with E-state index in [2.05, 4.69) is 44.6 Å². The Morgan fingerprint density at radius 1 is 1.00 bits per heavy atom. The summed E-state index contributed by atoms with van der Waals surface area (Å²) in [5.74, 6) is 1.25. The van der Waals surface area contributed by atoms with Crippen LogP contribution in [0.5, 0.6) is 0 Å². The van der Waals surface area contributed by atoms with Crippen molar-refractivity contribution in [2.45, 2.75) is 6.92 Å². The maximum Gasteiger partial charge on any atom is 0.169 e. The molecule has 4 N–H and O–H groups in total. The van der Waals surface area contributed by atoms with Crippen molar-refractivity contribution >= 4 is 23.0 Å². The molecule has 1 aliphatic heterocycles. The maximum atomic E-state index is 6.22. The van der Waals surface area contributed by atoms with Crippen molar-refractivity contribution in [3.63, 3.8) is 0 Å². The second kappa shape index (κ2) is 6.80. The molecule has 2 heterocycles. The fraction of sp³-hybridized carbons (Fsp3) is 0.375. The number of nitrogens with two attached hydrogens (primary N) is 1. The fourth-order valence-electron chi connectivity index (χ4n) is 2.43. The van der Waals surface area contributed by atoms with Crippen molar-refractivity contribution in [2.75, 3.05) is 49.7 Å². The van der Waals surface area contributed by atoms with E-state index in [0.29, 0.717) is 17.3 Å². The first-order chi connectivity index (χ1) is 11.1. The van der Waals surface area contributed by atoms with Crippen molar-refractivity contribution in [1.82, 2.24) is 19.9 Å². The molecule has 23 heavy (non-hydrogen) atoms. The highest BCUT2D eigenvalue weighted by Crippen LogP contribution is 2.26. The first kappa shape index (κ1) is 15.5. The molecule has 7 nitrogen and oxygen atoms in total. The van der Waals surface area contributed by atoms with Crippen LogP contribution < -0.4 is 16.5 Å². The smallest absolute Gasteiger partial charge is 0.169 e. The van der Waals surface area contributed by atoms with E-state index >= 15 is 0 Å². The van der Waals surface area contributed by atoms with Crippen molar-refractivity contribution < 1.29 is 0 Å². The molecule has 0 bridgehead atoms. The second-order valence-corrected chi connectivity index (χ2v) is 5.88. The Balaban J connectivity index is 1.71. The van der Waals surface area contributed by atoms with Gasteiger partial charge in [-0.1, -0.05) is 17.7 Å². The van der Waals surface area contributed by atoms with E-state index in [4.69, 9.17) is 5.73 Å². The Kier molecular flexibility index (Phi) is 4.59. The van der Waals surface area contributed by atoms with E-state index in [9.17, 15) is 0 Å². The number of anilines is 4. The number of nitrogens with one attached hydrogen (secondary N) is 2. The molecule has 0 spiro atoms. The zero-order chi connectivity index (χ0) is 16.2. The number of hydrogen-bond donors (Lipinski definition) is 3. The van der Waals surface area contributed by atoms with E-state index in [-0.39, 0.29) is 0 Å². The van der Waals surface area contributed by atoms with Gasteiger partial charge in [-0.2, -0.15) is 0 Å². The third kappa shape index (κ3) is 3.88. The number of rotatable bonds is 4. The number of nitrogens with zero attached hydrogens (tertiary/aromatic N) is 4. The summed E-state index contributed by atoms with van der Waals surface area (Å²) in [5, 5.41) is 5.37. The lowest BCUT2D eigenvalue weighted by atomic mass is 10.2. The van der Waals surface area contributed by atoms with Crippen molar-refractivity contribution in [3.05, 3.63) is 36.2 Å². The van der Waals surface area contributed by atoms with E-state index in [1.165, 1.54) is 11.9 Å². The van der Waals surface area contributed by atoms with E-state index in [0.717, 1.165) is 31.9 Å². The topological polar surface area (TPSA) is 82.3 Å². The monoisotopic (exact) mass is 313 g/mol. The summed E-state index contributed by atoms with van der Waals surface area (Å²) < 4.78 is 0. The summed E-state index contributed by atoms with van der Waals surface area (Å²) in [6.45, 7) is 5.96. The van der Waals surface area contributed by atoms with Crippen LogP contribution in [0.3, 0.4) is 0 Å². The van der Waals surface area contributed by atoms with Gasteiger partial charge in [0.2, 0.25) is 0 Å². The van der Waals surface area contributed by atoms with Gasteiger partial charge in [-0.25, -0.2) is 15.0 Å². The zero-order valence-corrected chi connectivity index (χ0v) is 13.6. The Morgan fingerprint density at radius 2 is 1.65 bits per heavy atom. The minimum atomic E-state index is 0.520. The van der Waals surface area contributed by atoms with Gasteiger partial charge in [0.25, 0.3) is 0 Å². The predicted molar refractivity (Wildman–Crippen MR) is 93.6 cm³/mol. The summed E-state index contributed by atoms with van der Waals surface area (Å²) >= 11 is 0. The van der Waals surface area contributed by atoms with Crippen LogP contribution in [-0.4, -0.2) is 53.1 Å². The molecule has 1 fully saturated rings. The molecule has 2 aromatic rings. The third-order valence-corrected chi connectivity index (χ3v) is 3.97. The highest BCUT2D eigenvalue weighted by molar-refractivity contribution is 5.77. The number of likely N-dealkylation sites (N-methyl/N-ethyl adjacent to an activating group) is 1. The average molecular weight is 313 g/mol. The van der Waals surface area contributed by atoms with Crippen LogP contribution in [0.15, 0.2) is 30.6 Å². The second-order valence-electron chi connectivity index (χ2n) is 5.88. The van der Waals surface area contributed by atoms with Crippen LogP contribution in [0.2, 0.25) is 0 Å². The molecular formula is C16H23N7. The van der Waals surface area contributed by atoms with Crippen LogP contribution in [0.4, 0.5) is 23.0 Å². The van der Waals surface area contributed by atoms with Crippen molar-refractivity contribution in [3.8, 4) is 0 Å². The molecular weight excluding hydrogens is 290 g/mol. The lowest BCUT2D eigenvalue weighted by molar-refractivity contribution is 0.178. The number of aryl methyl sites for hydroxylation is 1. The molecule has 1 aromatic carbocycles. The Hall–Kier alpha value is -2.38. The van der Waals surface area contributed by atoms with Crippen LogP contribution in [0, 0.1) is 6.92 Å². The molecule has 0 amide bonds. The lowest BCUT2D eigenvalue weighted by Crippen LogP contribution is -2.47. The fourth-order valence-corrected chi connectivity index (χ4v) is 2.43. The Labute approximate surface area is 136 Å². The molecule has 1 aliphatic rings. The molecule has 0 aliphatic carbocycles. The Morgan fingerprint density at radius 3 is 2.35 bits per heavy atom. The first-order valence-corrected chi connectivity index (χ1v) is 7.76. The molecule has 1 aromatic heterocycles. The Bertz CT molecular complexity index is 648. The number of piperazine rings is 1. The van der Waals surface area contributed by atoms with Crippen LogP contribution in [0.1, 0.15) is 5.56 Å². The number of nitrogen functional groups attached to an aromatic ring is 1. The van der Waals surface area contributed by atoms with E-state index in [1.54, 1.807) is 0 Å². The molecule has 0 saturated carbocycles. The minimum Gasteiger partial charge on any atom is -0.393 e. The van der Waals surface area contributed by atoms with E-state index < -0.39 is 0 Å². The summed E-state index contributed by atoms with van der Waals surface area (Å²) in [4.78, 5) is 10.8. The number of hydrazine groups is 1. The molecule has 3 rings (SSSR count). The minimum absolute atomic E-state index is 0.520. The van der Waals surface area contributed by atoms with Gasteiger partial charge < -0.3 is 21.4 Å². The van der Waals surface area contributed by atoms with Gasteiger partial charge in [0.15, 0.2) is 11.6 Å². The van der Waals surface area contributed by atoms with Gasteiger partial charge in [0.05, 0.1) is 0 Å². The predicted octanol–water partition coefficient (Wildman–Crippen LogP) is 1.69. The largest absolute Gasteiger partial charge is 0.393 e. The van der Waals surface area contributed by atoms with Gasteiger partial charge in [0.1, 0.15) is 12.0 Å². The maximum absolute atomic E-state index is 6.22. The number of hydrogen-bond acceptors (Lipinski definition) is 7. The van der Waals surface area contributed by atoms with Gasteiger partial charge in [-0.3, -0.25) is 0 Å². The lowest BCUT2D eigenvalue weighted by Gasteiger charge is -2.32. The molecule has 1 saturated heterocycles. The van der Waals surface area contributed by atoms with Gasteiger partial charge >= 0.3 is 0 Å². The molecule has 0 radical (unpaired) electrons. The van der Waals surface area contributed by atoms with Gasteiger partial charge in [-0.15, -0.1) is 0 Å². The third-order valence-electron chi connectivity index (χ3n) is 3.97. The SMILES string of the molecule is Cc1ccc(Nc2ncnc(NN3CCN(C)CC3)c2N)cc1. The van der Waals surface area contributed by atoms with Gasteiger partial charge in [-0.05, 0) is 26.1 Å². The first-order valence-electron chi connectivity index (χ1n) is 7.76. The average Bonchev–Trinajstić information content (AvgIpc) is 2.55. The number of benzene rings is 1. The summed E-state index contributed by atoms with van der Waals surface area (Å²) in [6.07, 6.45) is 1.52. The van der Waals surface area contributed by atoms with Crippen LogP contribution in [-0.2, 0) is 0 Å². The van der Waals surface area contributed by atoms with Crippen molar-refractivity contribution in [1.29, 1.82) is 0 Å². The normalized spacial score (nSPS) is 16.3. The molecule has 0 atom stereocenters. The highest BCUT2D eigenvalue weighted by atomic mass is 15.5. The zero-order valence-electron chi connectivity index (χ0n) is 13.6. The van der Waals surface area contributed by atoms with Gasteiger partial charge in [0, 0.05) is 31.9 Å². The van der Waals surface area contributed by atoms with E-state index in [1.807, 2.05) is 24.3 Å². The molecule has 7 heteroatoms. The standard InChI is InChI=1S/C16H23N7/c1-12-3-5-13(6-4-12)20-15-14(17)16(19-11-18-15)21-23-9-7-22(2)8-10-23/h3-6,11H,7-10,17H2,1-2H3,(H2,18,19,20,21). The quantitative estimate of drug-likeness (QED) is 0.792. The summed E-state index contributed by atoms with van der Waals surface area (Å²) in [6, 6.07) is 8.10. The molecule has 122 valence electrons.